The Morgan fingerprint density at radius 3 is 2.30 bits per heavy atom. The molecule has 0 radical (unpaired) electrons. The highest BCUT2D eigenvalue weighted by Crippen LogP contribution is 1.92. The molecular weight excluding hydrogens is 278 g/mol. The Labute approximate surface area is 123 Å². The van der Waals surface area contributed by atoms with Crippen LogP contribution >= 0.6 is 0 Å². The van der Waals surface area contributed by atoms with Crippen molar-refractivity contribution < 1.29 is 13.2 Å². The van der Waals surface area contributed by atoms with Crippen molar-refractivity contribution in [1.29, 1.82) is 0 Å². The molecule has 0 aliphatic carbocycles. The van der Waals surface area contributed by atoms with Crippen LogP contribution in [0.4, 0.5) is 0 Å². The molecule has 6 nitrogen and oxygen atoms in total. The van der Waals surface area contributed by atoms with Gasteiger partial charge in [0.15, 0.2) is 5.96 Å². The summed E-state index contributed by atoms with van der Waals surface area (Å²) in [6.45, 7) is 7.15. The Hall–Kier alpha value is -0.820. The van der Waals surface area contributed by atoms with Gasteiger partial charge in [0.05, 0.1) is 5.75 Å². The highest BCUT2D eigenvalue weighted by atomic mass is 32.2. The number of sulfone groups is 1. The maximum atomic E-state index is 11.0. The van der Waals surface area contributed by atoms with E-state index in [9.17, 15) is 8.42 Å². The predicted octanol–water partition coefficient (Wildman–Crippen LogP) is 0.649. The van der Waals surface area contributed by atoms with Crippen LogP contribution in [-0.2, 0) is 14.6 Å². The van der Waals surface area contributed by atoms with Crippen LogP contribution in [0.15, 0.2) is 4.99 Å². The second-order valence-electron chi connectivity index (χ2n) is 5.23. The van der Waals surface area contributed by atoms with Crippen molar-refractivity contribution in [2.75, 3.05) is 45.4 Å². The van der Waals surface area contributed by atoms with Gasteiger partial charge in [0.25, 0.3) is 0 Å². The number of aliphatic imine (C=N–C) groups is 1. The van der Waals surface area contributed by atoms with E-state index in [4.69, 9.17) is 4.74 Å². The standard InChI is InChI=1S/C13H29N3O3S/c1-12(2)11-19-9-5-7-15-13(14-3)16-8-6-10-20(4,17)18/h12H,5-11H2,1-4H3,(H2,14,15,16). The van der Waals surface area contributed by atoms with Gasteiger partial charge < -0.3 is 15.4 Å². The maximum absolute atomic E-state index is 11.0. The van der Waals surface area contributed by atoms with Gasteiger partial charge >= 0.3 is 0 Å². The number of ether oxygens (including phenoxy) is 1. The van der Waals surface area contributed by atoms with Crippen LogP contribution in [0.5, 0.6) is 0 Å². The lowest BCUT2D eigenvalue weighted by Gasteiger charge is -2.12. The third-order valence-corrected chi connectivity index (χ3v) is 3.45. The molecule has 20 heavy (non-hydrogen) atoms. The molecule has 2 N–H and O–H groups in total. The number of guanidine groups is 1. The first-order valence-electron chi connectivity index (χ1n) is 7.05. The first-order chi connectivity index (χ1) is 9.35. The first-order valence-corrected chi connectivity index (χ1v) is 9.11. The van der Waals surface area contributed by atoms with Gasteiger partial charge in [-0.1, -0.05) is 13.8 Å². The lowest BCUT2D eigenvalue weighted by Crippen LogP contribution is -2.38. The minimum absolute atomic E-state index is 0.194. The van der Waals surface area contributed by atoms with E-state index in [2.05, 4.69) is 29.5 Å². The summed E-state index contributed by atoms with van der Waals surface area (Å²) in [6.07, 6.45) is 2.74. The van der Waals surface area contributed by atoms with Gasteiger partial charge in [-0.3, -0.25) is 4.99 Å². The summed E-state index contributed by atoms with van der Waals surface area (Å²) < 4.78 is 27.4. The zero-order valence-corrected chi connectivity index (χ0v) is 13.9. The SMILES string of the molecule is CN=C(NCCCOCC(C)C)NCCCS(C)(=O)=O. The molecule has 0 aliphatic rings. The highest BCUT2D eigenvalue weighted by Gasteiger charge is 2.02. The molecule has 0 aromatic heterocycles. The number of rotatable bonds is 10. The molecule has 0 saturated heterocycles. The van der Waals surface area contributed by atoms with Gasteiger partial charge in [-0.2, -0.15) is 0 Å². The first kappa shape index (κ1) is 19.2. The Kier molecular flexibility index (Phi) is 10.5. The van der Waals surface area contributed by atoms with Crippen molar-refractivity contribution in [3.63, 3.8) is 0 Å². The topological polar surface area (TPSA) is 79.8 Å². The summed E-state index contributed by atoms with van der Waals surface area (Å²) in [6, 6.07) is 0. The van der Waals surface area contributed by atoms with Crippen molar-refractivity contribution in [3.8, 4) is 0 Å². The Balaban J connectivity index is 3.58. The quantitative estimate of drug-likeness (QED) is 0.352. The Bertz CT molecular complexity index is 367. The largest absolute Gasteiger partial charge is 0.381 e. The average molecular weight is 307 g/mol. The number of nitrogens with one attached hydrogen (secondary N) is 2. The van der Waals surface area contributed by atoms with E-state index in [1.807, 2.05) is 0 Å². The van der Waals surface area contributed by atoms with Crippen LogP contribution in [0, 0.1) is 5.92 Å². The van der Waals surface area contributed by atoms with Crippen molar-refractivity contribution in [2.24, 2.45) is 10.9 Å². The predicted molar refractivity (Wildman–Crippen MR) is 84.0 cm³/mol. The van der Waals surface area contributed by atoms with E-state index >= 15 is 0 Å². The molecule has 0 aliphatic heterocycles. The summed E-state index contributed by atoms with van der Waals surface area (Å²) >= 11 is 0. The van der Waals surface area contributed by atoms with Crippen LogP contribution in [0.2, 0.25) is 0 Å². The molecule has 0 aromatic carbocycles. The molecule has 120 valence electrons. The van der Waals surface area contributed by atoms with Crippen molar-refractivity contribution in [3.05, 3.63) is 0 Å². The third kappa shape index (κ3) is 13.6. The van der Waals surface area contributed by atoms with E-state index in [1.165, 1.54) is 6.26 Å². The van der Waals surface area contributed by atoms with E-state index in [0.29, 0.717) is 24.8 Å². The van der Waals surface area contributed by atoms with Crippen molar-refractivity contribution in [2.45, 2.75) is 26.7 Å². The summed E-state index contributed by atoms with van der Waals surface area (Å²) in [5, 5.41) is 6.25. The summed E-state index contributed by atoms with van der Waals surface area (Å²) in [5.74, 6) is 1.45. The fraction of sp³-hybridized carbons (Fsp3) is 0.923. The van der Waals surface area contributed by atoms with E-state index in [0.717, 1.165) is 26.2 Å². The third-order valence-electron chi connectivity index (χ3n) is 2.42. The van der Waals surface area contributed by atoms with Gasteiger partial charge in [0.2, 0.25) is 0 Å². The Morgan fingerprint density at radius 2 is 1.80 bits per heavy atom. The van der Waals surface area contributed by atoms with Gasteiger partial charge in [-0.15, -0.1) is 0 Å². The second-order valence-corrected chi connectivity index (χ2v) is 7.49. The monoisotopic (exact) mass is 307 g/mol. The van der Waals surface area contributed by atoms with Crippen molar-refractivity contribution >= 4 is 15.8 Å². The number of hydrogen-bond acceptors (Lipinski definition) is 4. The minimum Gasteiger partial charge on any atom is -0.381 e. The van der Waals surface area contributed by atoms with Crippen LogP contribution < -0.4 is 10.6 Å². The zero-order chi connectivity index (χ0) is 15.4. The van der Waals surface area contributed by atoms with Crippen LogP contribution in [-0.4, -0.2) is 59.7 Å². The summed E-state index contributed by atoms with van der Waals surface area (Å²) in [4.78, 5) is 4.07. The molecule has 0 atom stereocenters. The highest BCUT2D eigenvalue weighted by molar-refractivity contribution is 7.90. The summed E-state index contributed by atoms with van der Waals surface area (Å²) in [5.41, 5.74) is 0. The molecule has 0 aromatic rings. The zero-order valence-electron chi connectivity index (χ0n) is 13.1. The fourth-order valence-electron chi connectivity index (χ4n) is 1.46. The summed E-state index contributed by atoms with van der Waals surface area (Å²) in [7, 11) is -1.18. The molecule has 0 unspecified atom stereocenters. The number of nitrogens with zero attached hydrogens (tertiary/aromatic N) is 1. The molecule has 0 heterocycles. The molecule has 0 bridgehead atoms. The van der Waals surface area contributed by atoms with E-state index in [1.54, 1.807) is 7.05 Å². The molecular formula is C13H29N3O3S. The molecule has 0 fully saturated rings. The molecule has 0 spiro atoms. The molecule has 0 amide bonds. The molecule has 7 heteroatoms. The normalized spacial score (nSPS) is 12.8. The maximum Gasteiger partial charge on any atom is 0.190 e. The average Bonchev–Trinajstić information content (AvgIpc) is 2.34. The van der Waals surface area contributed by atoms with Crippen molar-refractivity contribution in [1.82, 2.24) is 10.6 Å². The van der Waals surface area contributed by atoms with Gasteiger partial charge in [-0.25, -0.2) is 8.42 Å². The van der Waals surface area contributed by atoms with Crippen LogP contribution in [0.1, 0.15) is 26.7 Å². The molecule has 0 rings (SSSR count). The van der Waals surface area contributed by atoms with Crippen LogP contribution in [0.25, 0.3) is 0 Å². The lowest BCUT2D eigenvalue weighted by molar-refractivity contribution is 0.108. The van der Waals surface area contributed by atoms with E-state index < -0.39 is 9.84 Å². The second kappa shape index (κ2) is 10.9. The van der Waals surface area contributed by atoms with E-state index in [-0.39, 0.29) is 5.75 Å². The van der Waals surface area contributed by atoms with Gasteiger partial charge in [0, 0.05) is 39.6 Å². The fourth-order valence-corrected chi connectivity index (χ4v) is 2.13. The lowest BCUT2D eigenvalue weighted by atomic mass is 10.2. The Morgan fingerprint density at radius 1 is 1.20 bits per heavy atom. The van der Waals surface area contributed by atoms with Crippen LogP contribution in [0.3, 0.4) is 0 Å². The minimum atomic E-state index is -2.88. The van der Waals surface area contributed by atoms with Gasteiger partial charge in [-0.05, 0) is 18.8 Å². The smallest absolute Gasteiger partial charge is 0.190 e. The van der Waals surface area contributed by atoms with Gasteiger partial charge in [0.1, 0.15) is 9.84 Å². The molecule has 0 saturated carbocycles. The number of hydrogen-bond donors (Lipinski definition) is 2.